The maximum Gasteiger partial charge on any atom is 0.200 e. The predicted molar refractivity (Wildman–Crippen MR) is 77.8 cm³/mol. The lowest BCUT2D eigenvalue weighted by molar-refractivity contribution is 0.381. The molecule has 0 N–H and O–H groups in total. The fourth-order valence-electron chi connectivity index (χ4n) is 2.50. The van der Waals surface area contributed by atoms with Gasteiger partial charge < -0.3 is 4.57 Å². The van der Waals surface area contributed by atoms with Crippen LogP contribution in [-0.4, -0.2) is 14.5 Å². The van der Waals surface area contributed by atoms with Crippen LogP contribution in [0.3, 0.4) is 0 Å². The van der Waals surface area contributed by atoms with Gasteiger partial charge in [-0.2, -0.15) is 0 Å². The van der Waals surface area contributed by atoms with Crippen LogP contribution in [0.5, 0.6) is 0 Å². The molecule has 0 amide bonds. The molecule has 0 radical (unpaired) electrons. The van der Waals surface area contributed by atoms with Crippen molar-refractivity contribution >= 4 is 11.0 Å². The first-order valence-electron chi connectivity index (χ1n) is 6.99. The molecule has 0 bridgehead atoms. The third-order valence-corrected chi connectivity index (χ3v) is 3.65. The quantitative estimate of drug-likeness (QED) is 0.369. The number of nitrogens with zero attached hydrogens (tertiary/aromatic N) is 3. The Balaban J connectivity index is 2.39. The van der Waals surface area contributed by atoms with Gasteiger partial charge in [0.25, 0.3) is 0 Å². The van der Waals surface area contributed by atoms with Crippen molar-refractivity contribution in [2.45, 2.75) is 26.3 Å². The van der Waals surface area contributed by atoms with Gasteiger partial charge in [0, 0.05) is 17.1 Å². The Bertz CT molecular complexity index is 927. The van der Waals surface area contributed by atoms with E-state index in [0.717, 1.165) is 6.33 Å². The number of benzene rings is 1. The Morgan fingerprint density at radius 2 is 1.38 bits per heavy atom. The number of hydrogen-bond donors (Lipinski definition) is 0. The van der Waals surface area contributed by atoms with E-state index in [1.165, 1.54) is 6.07 Å². The van der Waals surface area contributed by atoms with E-state index in [1.54, 1.807) is 10.8 Å². The SMILES string of the molecule is CC(C)(C)n1ccc2c(-c3c(F)c(F)c(F)c(F)c3F)ncnc21. The van der Waals surface area contributed by atoms with Crippen molar-refractivity contribution in [1.82, 2.24) is 14.5 Å². The lowest BCUT2D eigenvalue weighted by Crippen LogP contribution is -2.20. The van der Waals surface area contributed by atoms with Crippen molar-refractivity contribution in [3.05, 3.63) is 47.7 Å². The Morgan fingerprint density at radius 1 is 0.833 bits per heavy atom. The van der Waals surface area contributed by atoms with Crippen molar-refractivity contribution in [2.24, 2.45) is 0 Å². The van der Waals surface area contributed by atoms with E-state index in [4.69, 9.17) is 0 Å². The number of halogens is 5. The van der Waals surface area contributed by atoms with Crippen LogP contribution in [0.15, 0.2) is 18.6 Å². The lowest BCUT2D eigenvalue weighted by atomic mass is 10.1. The van der Waals surface area contributed by atoms with Crippen LogP contribution in [0.1, 0.15) is 20.8 Å². The summed E-state index contributed by atoms with van der Waals surface area (Å²) in [5.74, 6) is -10.1. The van der Waals surface area contributed by atoms with E-state index in [1.807, 2.05) is 20.8 Å². The lowest BCUT2D eigenvalue weighted by Gasteiger charge is -2.21. The Hall–Kier alpha value is -2.51. The van der Waals surface area contributed by atoms with E-state index < -0.39 is 40.2 Å². The summed E-state index contributed by atoms with van der Waals surface area (Å²) in [6.45, 7) is 5.64. The maximum absolute atomic E-state index is 14.1. The van der Waals surface area contributed by atoms with E-state index in [-0.39, 0.29) is 11.1 Å². The largest absolute Gasteiger partial charge is 0.327 e. The highest BCUT2D eigenvalue weighted by molar-refractivity contribution is 5.91. The van der Waals surface area contributed by atoms with E-state index >= 15 is 0 Å². The van der Waals surface area contributed by atoms with Crippen molar-refractivity contribution in [3.8, 4) is 11.3 Å². The minimum atomic E-state index is -2.20. The number of rotatable bonds is 1. The molecule has 3 rings (SSSR count). The Kier molecular flexibility index (Phi) is 3.58. The highest BCUT2D eigenvalue weighted by Gasteiger charge is 2.29. The maximum atomic E-state index is 14.1. The molecule has 8 heteroatoms. The summed E-state index contributed by atoms with van der Waals surface area (Å²) in [6.07, 6.45) is 2.65. The minimum absolute atomic E-state index is 0.190. The van der Waals surface area contributed by atoms with E-state index in [0.29, 0.717) is 5.65 Å². The molecule has 0 atom stereocenters. The second-order valence-corrected chi connectivity index (χ2v) is 6.26. The standard InChI is InChI=1S/C16H12F5N3/c1-16(2,3)24-5-4-7-14(22-6-23-15(7)24)8-9(17)11(19)13(21)12(20)10(8)18/h4-6H,1-3H3. The third kappa shape index (κ3) is 2.24. The molecule has 3 nitrogen and oxygen atoms in total. The molecular weight excluding hydrogens is 329 g/mol. The third-order valence-electron chi connectivity index (χ3n) is 3.65. The molecule has 0 unspecified atom stereocenters. The van der Waals surface area contributed by atoms with Gasteiger partial charge in [-0.3, -0.25) is 0 Å². The van der Waals surface area contributed by atoms with Crippen LogP contribution in [0.2, 0.25) is 0 Å². The zero-order chi connectivity index (χ0) is 17.8. The normalized spacial score (nSPS) is 12.2. The second kappa shape index (κ2) is 5.25. The van der Waals surface area contributed by atoms with Gasteiger partial charge in [-0.1, -0.05) is 0 Å². The molecule has 0 saturated carbocycles. The summed E-state index contributed by atoms with van der Waals surface area (Å²) in [4.78, 5) is 7.81. The molecule has 126 valence electrons. The summed E-state index contributed by atoms with van der Waals surface area (Å²) in [6, 6.07) is 1.48. The van der Waals surface area contributed by atoms with Crippen LogP contribution >= 0.6 is 0 Å². The first kappa shape index (κ1) is 16.4. The molecule has 0 spiro atoms. The highest BCUT2D eigenvalue weighted by atomic mass is 19.2. The average Bonchev–Trinajstić information content (AvgIpc) is 2.96. The molecule has 24 heavy (non-hydrogen) atoms. The monoisotopic (exact) mass is 341 g/mol. The predicted octanol–water partition coefficient (Wildman–Crippen LogP) is 4.55. The summed E-state index contributed by atoms with van der Waals surface area (Å²) < 4.78 is 70.0. The summed E-state index contributed by atoms with van der Waals surface area (Å²) in [5, 5.41) is 0.190. The number of hydrogen-bond acceptors (Lipinski definition) is 2. The zero-order valence-electron chi connectivity index (χ0n) is 13.0. The van der Waals surface area contributed by atoms with Gasteiger partial charge in [0.15, 0.2) is 23.3 Å². The summed E-state index contributed by atoms with van der Waals surface area (Å²) >= 11 is 0. The Labute approximate surface area is 133 Å². The second-order valence-electron chi connectivity index (χ2n) is 6.26. The van der Waals surface area contributed by atoms with Crippen LogP contribution in [0.25, 0.3) is 22.3 Å². The summed E-state index contributed by atoms with van der Waals surface area (Å²) in [7, 11) is 0. The molecule has 3 aromatic rings. The van der Waals surface area contributed by atoms with Gasteiger partial charge in [0.2, 0.25) is 5.82 Å². The highest BCUT2D eigenvalue weighted by Crippen LogP contribution is 2.35. The molecule has 2 heterocycles. The topological polar surface area (TPSA) is 30.7 Å². The first-order valence-corrected chi connectivity index (χ1v) is 6.99. The molecule has 0 aliphatic heterocycles. The first-order chi connectivity index (χ1) is 11.1. The molecule has 2 aromatic heterocycles. The van der Waals surface area contributed by atoms with Crippen LogP contribution in [0, 0.1) is 29.1 Å². The number of aromatic nitrogens is 3. The molecule has 0 aliphatic carbocycles. The molecular formula is C16H12F5N3. The van der Waals surface area contributed by atoms with Gasteiger partial charge >= 0.3 is 0 Å². The molecule has 0 aliphatic rings. The van der Waals surface area contributed by atoms with Gasteiger partial charge in [-0.15, -0.1) is 0 Å². The van der Waals surface area contributed by atoms with E-state index in [2.05, 4.69) is 9.97 Å². The molecule has 0 fully saturated rings. The minimum Gasteiger partial charge on any atom is -0.327 e. The average molecular weight is 341 g/mol. The van der Waals surface area contributed by atoms with Crippen molar-refractivity contribution in [1.29, 1.82) is 0 Å². The molecule has 1 aromatic carbocycles. The van der Waals surface area contributed by atoms with Crippen molar-refractivity contribution in [2.75, 3.05) is 0 Å². The zero-order valence-corrected chi connectivity index (χ0v) is 13.0. The van der Waals surface area contributed by atoms with Crippen molar-refractivity contribution < 1.29 is 22.0 Å². The fraction of sp³-hybridized carbons (Fsp3) is 0.250. The van der Waals surface area contributed by atoms with Gasteiger partial charge in [0.1, 0.15) is 12.0 Å². The van der Waals surface area contributed by atoms with Crippen LogP contribution < -0.4 is 0 Å². The summed E-state index contributed by atoms with van der Waals surface area (Å²) in [5.41, 5.74) is -1.48. The number of fused-ring (bicyclic) bond motifs is 1. The van der Waals surface area contributed by atoms with Gasteiger partial charge in [-0.05, 0) is 26.8 Å². The van der Waals surface area contributed by atoms with Crippen molar-refractivity contribution in [3.63, 3.8) is 0 Å². The van der Waals surface area contributed by atoms with Crippen LogP contribution in [-0.2, 0) is 5.54 Å². The smallest absolute Gasteiger partial charge is 0.200 e. The fourth-order valence-corrected chi connectivity index (χ4v) is 2.50. The Morgan fingerprint density at radius 3 is 1.92 bits per heavy atom. The van der Waals surface area contributed by atoms with Gasteiger partial charge in [-0.25, -0.2) is 31.9 Å². The van der Waals surface area contributed by atoms with Gasteiger partial charge in [0.05, 0.1) is 11.3 Å². The molecule has 0 saturated heterocycles. The van der Waals surface area contributed by atoms with E-state index in [9.17, 15) is 22.0 Å². The van der Waals surface area contributed by atoms with Crippen LogP contribution in [0.4, 0.5) is 22.0 Å².